The van der Waals surface area contributed by atoms with Crippen LogP contribution >= 0.6 is 0 Å². The largest absolute Gasteiger partial charge is 0.356 e. The standard InChI is InChI=1S/C14H23N3/c1-3-8-17(10-12-4-5-12)14-13(9-15)11(2)6-7-16-14/h6-7,12H,3-5,8-10,15H2,1-2H3. The average Bonchev–Trinajstić information content (AvgIpc) is 3.12. The first kappa shape index (κ1) is 12.4. The Labute approximate surface area is 104 Å². The molecule has 3 nitrogen and oxygen atoms in total. The van der Waals surface area contributed by atoms with E-state index in [0.29, 0.717) is 6.54 Å². The minimum Gasteiger partial charge on any atom is -0.356 e. The van der Waals surface area contributed by atoms with E-state index in [1.54, 1.807) is 0 Å². The van der Waals surface area contributed by atoms with E-state index in [-0.39, 0.29) is 0 Å². The third-order valence-corrected chi connectivity index (χ3v) is 3.44. The molecule has 1 heterocycles. The van der Waals surface area contributed by atoms with Gasteiger partial charge in [-0.05, 0) is 43.7 Å². The number of nitrogens with zero attached hydrogens (tertiary/aromatic N) is 2. The van der Waals surface area contributed by atoms with Gasteiger partial charge in [-0.15, -0.1) is 0 Å². The molecule has 0 spiro atoms. The van der Waals surface area contributed by atoms with Gasteiger partial charge in [0.1, 0.15) is 5.82 Å². The van der Waals surface area contributed by atoms with Crippen LogP contribution in [0.1, 0.15) is 37.3 Å². The average molecular weight is 233 g/mol. The number of aromatic nitrogens is 1. The molecule has 0 aliphatic heterocycles. The van der Waals surface area contributed by atoms with Crippen molar-refractivity contribution in [3.63, 3.8) is 0 Å². The van der Waals surface area contributed by atoms with Crippen molar-refractivity contribution in [1.29, 1.82) is 0 Å². The third kappa shape index (κ3) is 2.97. The fourth-order valence-electron chi connectivity index (χ4n) is 2.26. The van der Waals surface area contributed by atoms with E-state index in [4.69, 9.17) is 5.73 Å². The summed E-state index contributed by atoms with van der Waals surface area (Å²) in [4.78, 5) is 6.98. The van der Waals surface area contributed by atoms with Crippen molar-refractivity contribution in [2.45, 2.75) is 39.7 Å². The van der Waals surface area contributed by atoms with Crippen LogP contribution < -0.4 is 10.6 Å². The van der Waals surface area contributed by atoms with Gasteiger partial charge in [-0.25, -0.2) is 4.98 Å². The topological polar surface area (TPSA) is 42.2 Å². The van der Waals surface area contributed by atoms with Gasteiger partial charge in [-0.1, -0.05) is 6.92 Å². The van der Waals surface area contributed by atoms with Gasteiger partial charge in [-0.3, -0.25) is 0 Å². The van der Waals surface area contributed by atoms with Crippen molar-refractivity contribution in [2.75, 3.05) is 18.0 Å². The Morgan fingerprint density at radius 1 is 1.47 bits per heavy atom. The lowest BCUT2D eigenvalue weighted by Gasteiger charge is -2.26. The van der Waals surface area contributed by atoms with E-state index in [1.165, 1.54) is 24.0 Å². The molecule has 3 heteroatoms. The van der Waals surface area contributed by atoms with Crippen molar-refractivity contribution in [3.05, 3.63) is 23.4 Å². The van der Waals surface area contributed by atoms with E-state index < -0.39 is 0 Å². The molecule has 17 heavy (non-hydrogen) atoms. The molecule has 0 unspecified atom stereocenters. The molecule has 0 aromatic carbocycles. The molecular weight excluding hydrogens is 210 g/mol. The molecule has 2 rings (SSSR count). The van der Waals surface area contributed by atoms with Crippen molar-refractivity contribution in [3.8, 4) is 0 Å². The minimum atomic E-state index is 0.583. The van der Waals surface area contributed by atoms with Crippen LogP contribution in [0.25, 0.3) is 0 Å². The van der Waals surface area contributed by atoms with Crippen LogP contribution in [0, 0.1) is 12.8 Å². The van der Waals surface area contributed by atoms with Crippen LogP contribution in [0.15, 0.2) is 12.3 Å². The van der Waals surface area contributed by atoms with E-state index in [2.05, 4.69) is 23.7 Å². The van der Waals surface area contributed by atoms with Gasteiger partial charge in [0.05, 0.1) is 0 Å². The summed E-state index contributed by atoms with van der Waals surface area (Å²) in [6.07, 6.45) is 5.82. The molecule has 1 aliphatic carbocycles. The third-order valence-electron chi connectivity index (χ3n) is 3.44. The molecule has 0 atom stereocenters. The van der Waals surface area contributed by atoms with Crippen LogP contribution in [0.4, 0.5) is 5.82 Å². The molecule has 1 aromatic heterocycles. The predicted octanol–water partition coefficient (Wildman–Crippen LogP) is 2.48. The Hall–Kier alpha value is -1.09. The smallest absolute Gasteiger partial charge is 0.133 e. The summed E-state index contributed by atoms with van der Waals surface area (Å²) in [6.45, 7) is 7.16. The first-order chi connectivity index (χ1) is 8.26. The van der Waals surface area contributed by atoms with E-state index in [1.807, 2.05) is 12.3 Å². The van der Waals surface area contributed by atoms with E-state index >= 15 is 0 Å². The Morgan fingerprint density at radius 2 is 2.24 bits per heavy atom. The summed E-state index contributed by atoms with van der Waals surface area (Å²) in [7, 11) is 0. The van der Waals surface area contributed by atoms with E-state index in [0.717, 1.165) is 31.2 Å². The molecule has 0 saturated heterocycles. The van der Waals surface area contributed by atoms with Gasteiger partial charge < -0.3 is 10.6 Å². The van der Waals surface area contributed by atoms with E-state index in [9.17, 15) is 0 Å². The number of hydrogen-bond donors (Lipinski definition) is 1. The fraction of sp³-hybridized carbons (Fsp3) is 0.643. The zero-order valence-electron chi connectivity index (χ0n) is 10.9. The Morgan fingerprint density at radius 3 is 2.82 bits per heavy atom. The maximum absolute atomic E-state index is 5.87. The number of pyridine rings is 1. The van der Waals surface area contributed by atoms with Crippen molar-refractivity contribution in [2.24, 2.45) is 11.7 Å². The SMILES string of the molecule is CCCN(CC1CC1)c1nccc(C)c1CN. The zero-order valence-corrected chi connectivity index (χ0v) is 10.9. The first-order valence-corrected chi connectivity index (χ1v) is 6.65. The molecule has 94 valence electrons. The van der Waals surface area contributed by atoms with Gasteiger partial charge in [0.15, 0.2) is 0 Å². The number of aryl methyl sites for hydroxylation is 1. The monoisotopic (exact) mass is 233 g/mol. The van der Waals surface area contributed by atoms with Crippen molar-refractivity contribution >= 4 is 5.82 Å². The molecular formula is C14H23N3. The van der Waals surface area contributed by atoms with Gasteiger partial charge >= 0.3 is 0 Å². The highest BCUT2D eigenvalue weighted by molar-refractivity contribution is 5.50. The lowest BCUT2D eigenvalue weighted by molar-refractivity contribution is 0.694. The summed E-state index contributed by atoms with van der Waals surface area (Å²) in [6, 6.07) is 2.05. The lowest BCUT2D eigenvalue weighted by Crippen LogP contribution is -2.29. The predicted molar refractivity (Wildman–Crippen MR) is 72.1 cm³/mol. The molecule has 0 bridgehead atoms. The second kappa shape index (κ2) is 5.50. The molecule has 0 radical (unpaired) electrons. The second-order valence-corrected chi connectivity index (χ2v) is 5.02. The summed E-state index contributed by atoms with van der Waals surface area (Å²) in [5.74, 6) is 2.00. The number of nitrogens with two attached hydrogens (primary N) is 1. The van der Waals surface area contributed by atoms with Gasteiger partial charge in [0.25, 0.3) is 0 Å². The Bertz CT molecular complexity index is 372. The van der Waals surface area contributed by atoms with Gasteiger partial charge in [-0.2, -0.15) is 0 Å². The van der Waals surface area contributed by atoms with Crippen molar-refractivity contribution in [1.82, 2.24) is 4.98 Å². The highest BCUT2D eigenvalue weighted by atomic mass is 15.2. The second-order valence-electron chi connectivity index (χ2n) is 5.02. The minimum absolute atomic E-state index is 0.583. The molecule has 2 N–H and O–H groups in total. The maximum atomic E-state index is 5.87. The first-order valence-electron chi connectivity index (χ1n) is 6.65. The normalized spacial score (nSPS) is 15.0. The van der Waals surface area contributed by atoms with Crippen LogP contribution in [0.5, 0.6) is 0 Å². The molecule has 1 aromatic rings. The summed E-state index contributed by atoms with van der Waals surface area (Å²) >= 11 is 0. The molecule has 0 amide bonds. The van der Waals surface area contributed by atoms with Crippen LogP contribution in [0.3, 0.4) is 0 Å². The number of hydrogen-bond acceptors (Lipinski definition) is 3. The molecule has 1 saturated carbocycles. The van der Waals surface area contributed by atoms with Gasteiger partial charge in [0.2, 0.25) is 0 Å². The van der Waals surface area contributed by atoms with Crippen LogP contribution in [0.2, 0.25) is 0 Å². The molecule has 1 fully saturated rings. The quantitative estimate of drug-likeness (QED) is 0.820. The van der Waals surface area contributed by atoms with Crippen LogP contribution in [-0.2, 0) is 6.54 Å². The van der Waals surface area contributed by atoms with Crippen LogP contribution in [-0.4, -0.2) is 18.1 Å². The zero-order chi connectivity index (χ0) is 12.3. The van der Waals surface area contributed by atoms with Gasteiger partial charge in [0, 0.05) is 31.4 Å². The summed E-state index contributed by atoms with van der Waals surface area (Å²) in [5, 5.41) is 0. The molecule has 1 aliphatic rings. The highest BCUT2D eigenvalue weighted by Crippen LogP contribution is 2.32. The Kier molecular flexibility index (Phi) is 4.00. The lowest BCUT2D eigenvalue weighted by atomic mass is 10.1. The summed E-state index contributed by atoms with van der Waals surface area (Å²) < 4.78 is 0. The summed E-state index contributed by atoms with van der Waals surface area (Å²) in [5.41, 5.74) is 8.33. The number of rotatable bonds is 6. The Balaban J connectivity index is 2.23. The number of anilines is 1. The fourth-order valence-corrected chi connectivity index (χ4v) is 2.26. The highest BCUT2D eigenvalue weighted by Gasteiger charge is 2.25. The maximum Gasteiger partial charge on any atom is 0.133 e. The van der Waals surface area contributed by atoms with Crippen molar-refractivity contribution < 1.29 is 0 Å².